The number of rotatable bonds is 2. The van der Waals surface area contributed by atoms with E-state index in [1.165, 1.54) is 7.11 Å². The van der Waals surface area contributed by atoms with Gasteiger partial charge in [-0.05, 0) is 18.2 Å². The summed E-state index contributed by atoms with van der Waals surface area (Å²) >= 11 is 6.01. The molecule has 5 nitrogen and oxygen atoms in total. The lowest BCUT2D eigenvalue weighted by Gasteiger charge is -2.22. The van der Waals surface area contributed by atoms with Gasteiger partial charge < -0.3 is 14.4 Å². The Balaban J connectivity index is 1.73. The summed E-state index contributed by atoms with van der Waals surface area (Å²) in [5, 5.41) is 0.560. The van der Waals surface area contributed by atoms with Crippen molar-refractivity contribution in [1.29, 1.82) is 0 Å². The van der Waals surface area contributed by atoms with E-state index in [0.717, 1.165) is 0 Å². The molecule has 1 spiro atoms. The zero-order chi connectivity index (χ0) is 15.5. The molecule has 3 heterocycles. The van der Waals surface area contributed by atoms with Crippen LogP contribution < -0.4 is 4.90 Å². The summed E-state index contributed by atoms with van der Waals surface area (Å²) in [4.78, 5) is 26.6. The molecular formula is C16H14ClNO4. The van der Waals surface area contributed by atoms with Crippen molar-refractivity contribution in [2.75, 3.05) is 18.6 Å². The SMILES string of the molecule is COC(=O)[C@H]1[C@H]2C(=O)N(c3cccc(Cl)c3)C[C@]23C=C[C@H]1O3. The molecule has 2 fully saturated rings. The van der Waals surface area contributed by atoms with E-state index in [4.69, 9.17) is 21.1 Å². The highest BCUT2D eigenvalue weighted by Gasteiger charge is 2.67. The van der Waals surface area contributed by atoms with Crippen LogP contribution in [0.2, 0.25) is 5.02 Å². The fourth-order valence-corrected chi connectivity index (χ4v) is 3.95. The maximum atomic E-state index is 12.9. The third-order valence-corrected chi connectivity index (χ3v) is 4.93. The van der Waals surface area contributed by atoms with Gasteiger partial charge >= 0.3 is 5.97 Å². The largest absolute Gasteiger partial charge is 0.469 e. The maximum absolute atomic E-state index is 12.9. The average Bonchev–Trinajstić information content (AvgIpc) is 3.15. The molecule has 2 saturated heterocycles. The molecule has 4 rings (SSSR count). The van der Waals surface area contributed by atoms with E-state index < -0.39 is 23.4 Å². The van der Waals surface area contributed by atoms with Gasteiger partial charge in [-0.2, -0.15) is 0 Å². The number of hydrogen-bond acceptors (Lipinski definition) is 4. The summed E-state index contributed by atoms with van der Waals surface area (Å²) in [6.45, 7) is 0.386. The molecule has 1 aromatic carbocycles. The van der Waals surface area contributed by atoms with Gasteiger partial charge in [0.25, 0.3) is 0 Å². The topological polar surface area (TPSA) is 55.8 Å². The minimum atomic E-state index is -0.733. The molecule has 0 N–H and O–H groups in total. The second-order valence-electron chi connectivity index (χ2n) is 5.83. The van der Waals surface area contributed by atoms with Crippen molar-refractivity contribution in [2.45, 2.75) is 11.7 Å². The van der Waals surface area contributed by atoms with E-state index in [9.17, 15) is 9.59 Å². The molecule has 0 unspecified atom stereocenters. The highest BCUT2D eigenvalue weighted by Crippen LogP contribution is 2.52. The zero-order valence-corrected chi connectivity index (χ0v) is 12.6. The number of ether oxygens (including phenoxy) is 2. The first-order valence-corrected chi connectivity index (χ1v) is 7.45. The Hall–Kier alpha value is -1.85. The summed E-state index contributed by atoms with van der Waals surface area (Å²) in [5.74, 6) is -1.63. The quantitative estimate of drug-likeness (QED) is 0.616. The predicted octanol–water partition coefficient (Wildman–Crippen LogP) is 1.80. The van der Waals surface area contributed by atoms with Gasteiger partial charge in [0.2, 0.25) is 5.91 Å². The number of anilines is 1. The Kier molecular flexibility index (Phi) is 2.86. The first-order valence-electron chi connectivity index (χ1n) is 7.08. The number of nitrogens with zero attached hydrogens (tertiary/aromatic N) is 1. The molecule has 0 aromatic heterocycles. The second-order valence-corrected chi connectivity index (χ2v) is 6.26. The number of carbonyl (C=O) groups is 2. The first kappa shape index (κ1) is 13.8. The molecule has 22 heavy (non-hydrogen) atoms. The Bertz CT molecular complexity index is 703. The van der Waals surface area contributed by atoms with Crippen molar-refractivity contribution in [3.05, 3.63) is 41.4 Å². The van der Waals surface area contributed by atoms with E-state index in [1.807, 2.05) is 18.2 Å². The van der Waals surface area contributed by atoms with Crippen LogP contribution in [0.5, 0.6) is 0 Å². The predicted molar refractivity (Wildman–Crippen MR) is 79.5 cm³/mol. The third kappa shape index (κ3) is 1.69. The molecule has 6 heteroatoms. The van der Waals surface area contributed by atoms with Crippen LogP contribution in [0.1, 0.15) is 0 Å². The smallest absolute Gasteiger partial charge is 0.312 e. The van der Waals surface area contributed by atoms with Gasteiger partial charge in [-0.25, -0.2) is 0 Å². The molecular weight excluding hydrogens is 306 g/mol. The molecule has 1 amide bonds. The summed E-state index contributed by atoms with van der Waals surface area (Å²) in [6, 6.07) is 7.11. The van der Waals surface area contributed by atoms with Crippen LogP contribution in [0.3, 0.4) is 0 Å². The standard InChI is InChI=1S/C16H14ClNO4/c1-21-15(20)12-11-5-6-16(22-11)8-18(14(19)13(12)16)10-4-2-3-9(17)7-10/h2-7,11-13H,8H2,1H3/t11-,12-,13+,16-/m1/s1. The van der Waals surface area contributed by atoms with Gasteiger partial charge in [0.1, 0.15) is 11.5 Å². The minimum absolute atomic E-state index is 0.121. The zero-order valence-electron chi connectivity index (χ0n) is 11.9. The average molecular weight is 320 g/mol. The normalized spacial score (nSPS) is 35.1. The number of amides is 1. The van der Waals surface area contributed by atoms with Crippen molar-refractivity contribution < 1.29 is 19.1 Å². The van der Waals surface area contributed by atoms with E-state index in [2.05, 4.69) is 0 Å². The number of carbonyl (C=O) groups excluding carboxylic acids is 2. The second kappa shape index (κ2) is 4.57. The van der Waals surface area contributed by atoms with Gasteiger partial charge in [-0.1, -0.05) is 29.8 Å². The fourth-order valence-electron chi connectivity index (χ4n) is 3.77. The molecule has 4 atom stereocenters. The van der Waals surface area contributed by atoms with Crippen LogP contribution in [0.15, 0.2) is 36.4 Å². The molecule has 0 aliphatic carbocycles. The van der Waals surface area contributed by atoms with Gasteiger partial charge in [-0.3, -0.25) is 9.59 Å². The number of esters is 1. The van der Waals surface area contributed by atoms with Crippen molar-refractivity contribution in [3.63, 3.8) is 0 Å². The molecule has 114 valence electrons. The van der Waals surface area contributed by atoms with Crippen molar-refractivity contribution in [3.8, 4) is 0 Å². The monoisotopic (exact) mass is 319 g/mol. The van der Waals surface area contributed by atoms with Gasteiger partial charge in [0.15, 0.2) is 0 Å². The van der Waals surface area contributed by atoms with Crippen LogP contribution in [0, 0.1) is 11.8 Å². The lowest BCUT2D eigenvalue weighted by molar-refractivity contribution is -0.149. The Labute approximate surface area is 132 Å². The molecule has 2 bridgehead atoms. The van der Waals surface area contributed by atoms with Crippen LogP contribution >= 0.6 is 11.6 Å². The van der Waals surface area contributed by atoms with Crippen LogP contribution in [0.25, 0.3) is 0 Å². The van der Waals surface area contributed by atoms with Crippen LogP contribution in [-0.4, -0.2) is 37.2 Å². The highest BCUT2D eigenvalue weighted by molar-refractivity contribution is 6.31. The molecule has 1 aromatic rings. The molecule has 0 saturated carbocycles. The van der Waals surface area contributed by atoms with E-state index >= 15 is 0 Å². The van der Waals surface area contributed by atoms with Crippen LogP contribution in [0.4, 0.5) is 5.69 Å². The van der Waals surface area contributed by atoms with Gasteiger partial charge in [0.05, 0.1) is 25.7 Å². The summed E-state index contributed by atoms with van der Waals surface area (Å²) in [7, 11) is 1.33. The summed E-state index contributed by atoms with van der Waals surface area (Å²) in [6.07, 6.45) is 3.39. The van der Waals surface area contributed by atoms with Crippen LogP contribution in [-0.2, 0) is 19.1 Å². The Morgan fingerprint density at radius 2 is 2.32 bits per heavy atom. The van der Waals surface area contributed by atoms with E-state index in [0.29, 0.717) is 17.3 Å². The molecule has 3 aliphatic heterocycles. The minimum Gasteiger partial charge on any atom is -0.469 e. The number of benzene rings is 1. The van der Waals surface area contributed by atoms with E-state index in [-0.39, 0.29) is 12.0 Å². The Morgan fingerprint density at radius 1 is 1.50 bits per heavy atom. The first-order chi connectivity index (χ1) is 10.6. The fraction of sp³-hybridized carbons (Fsp3) is 0.375. The Morgan fingerprint density at radius 3 is 3.05 bits per heavy atom. The third-order valence-electron chi connectivity index (χ3n) is 4.69. The molecule has 3 aliphatic rings. The maximum Gasteiger partial charge on any atom is 0.312 e. The number of hydrogen-bond donors (Lipinski definition) is 0. The van der Waals surface area contributed by atoms with E-state index in [1.54, 1.807) is 23.1 Å². The van der Waals surface area contributed by atoms with Gasteiger partial charge in [-0.15, -0.1) is 0 Å². The molecule has 0 radical (unpaired) electrons. The summed E-state index contributed by atoms with van der Waals surface area (Å²) < 4.78 is 10.8. The lowest BCUT2D eigenvalue weighted by atomic mass is 9.77. The van der Waals surface area contributed by atoms with Crippen molar-refractivity contribution in [1.82, 2.24) is 0 Å². The van der Waals surface area contributed by atoms with Crippen molar-refractivity contribution >= 4 is 29.2 Å². The highest BCUT2D eigenvalue weighted by atomic mass is 35.5. The summed E-state index contributed by atoms with van der Waals surface area (Å²) in [5.41, 5.74) is -0.0199. The van der Waals surface area contributed by atoms with Gasteiger partial charge in [0, 0.05) is 10.7 Å². The lowest BCUT2D eigenvalue weighted by Crippen LogP contribution is -2.39. The number of fused-ring (bicyclic) bond motifs is 1. The van der Waals surface area contributed by atoms with Crippen molar-refractivity contribution in [2.24, 2.45) is 11.8 Å². The number of methoxy groups -OCH3 is 1. The number of halogens is 1.